The Morgan fingerprint density at radius 1 is 1.26 bits per heavy atom. The number of aromatic nitrogens is 1. The van der Waals surface area contributed by atoms with Crippen LogP contribution in [0.4, 0.5) is 11.5 Å². The Hall–Kier alpha value is -2.87. The zero-order chi connectivity index (χ0) is 17.0. The van der Waals surface area contributed by atoms with Crippen molar-refractivity contribution in [2.45, 2.75) is 13.8 Å². The van der Waals surface area contributed by atoms with E-state index in [1.165, 1.54) is 25.1 Å². The topological polar surface area (TPSA) is 97.2 Å². The minimum atomic E-state index is -0.528. The number of amides is 1. The lowest BCUT2D eigenvalue weighted by molar-refractivity contribution is -0.385. The summed E-state index contributed by atoms with van der Waals surface area (Å²) in [5.41, 5.74) is 1.24. The van der Waals surface area contributed by atoms with E-state index in [0.717, 1.165) is 5.56 Å². The summed E-state index contributed by atoms with van der Waals surface area (Å²) in [5.74, 6) is 0.0193. The van der Waals surface area contributed by atoms with Crippen molar-refractivity contribution in [3.63, 3.8) is 0 Å². The third kappa shape index (κ3) is 3.86. The van der Waals surface area contributed by atoms with Crippen LogP contribution in [0.15, 0.2) is 36.5 Å². The molecule has 1 aromatic carbocycles. The zero-order valence-electron chi connectivity index (χ0n) is 12.5. The van der Waals surface area contributed by atoms with Crippen LogP contribution < -0.4 is 10.6 Å². The maximum absolute atomic E-state index is 12.2. The normalized spacial score (nSPS) is 10.0. The number of anilines is 1. The van der Waals surface area contributed by atoms with E-state index in [9.17, 15) is 14.9 Å². The summed E-state index contributed by atoms with van der Waals surface area (Å²) < 4.78 is 0. The summed E-state index contributed by atoms with van der Waals surface area (Å²) in [4.78, 5) is 26.8. The summed E-state index contributed by atoms with van der Waals surface area (Å²) in [6.07, 6.45) is 1.60. The van der Waals surface area contributed by atoms with Gasteiger partial charge in [-0.05, 0) is 43.8 Å². The van der Waals surface area contributed by atoms with Crippen LogP contribution in [0.25, 0.3) is 0 Å². The molecule has 0 aliphatic rings. The predicted octanol–water partition coefficient (Wildman–Crippen LogP) is 2.73. The van der Waals surface area contributed by atoms with Gasteiger partial charge in [0, 0.05) is 23.4 Å². The van der Waals surface area contributed by atoms with Crippen molar-refractivity contribution in [2.75, 3.05) is 5.32 Å². The Morgan fingerprint density at radius 3 is 2.65 bits per heavy atom. The molecule has 0 aliphatic carbocycles. The van der Waals surface area contributed by atoms with Gasteiger partial charge in [-0.3, -0.25) is 20.2 Å². The van der Waals surface area contributed by atoms with Gasteiger partial charge >= 0.3 is 0 Å². The number of benzene rings is 1. The number of nitro groups is 1. The highest BCUT2D eigenvalue weighted by Crippen LogP contribution is 2.21. The molecule has 0 aliphatic heterocycles. The van der Waals surface area contributed by atoms with Crippen molar-refractivity contribution in [3.05, 3.63) is 63.3 Å². The van der Waals surface area contributed by atoms with Gasteiger partial charge in [-0.15, -0.1) is 0 Å². The molecule has 1 amide bonds. The average molecular weight is 330 g/mol. The molecule has 1 aromatic heterocycles. The van der Waals surface area contributed by atoms with E-state index in [0.29, 0.717) is 5.82 Å². The number of hydrogen-bond donors (Lipinski definition) is 2. The highest BCUT2D eigenvalue weighted by Gasteiger charge is 2.18. The minimum Gasteiger partial charge on any atom is -0.317 e. The van der Waals surface area contributed by atoms with Crippen molar-refractivity contribution in [2.24, 2.45) is 0 Å². The smallest absolute Gasteiger partial charge is 0.273 e. The second-order valence-electron chi connectivity index (χ2n) is 4.78. The maximum atomic E-state index is 12.2. The van der Waals surface area contributed by atoms with Gasteiger partial charge in [0.15, 0.2) is 5.11 Å². The van der Waals surface area contributed by atoms with Crippen LogP contribution in [0.1, 0.15) is 21.5 Å². The summed E-state index contributed by atoms with van der Waals surface area (Å²) in [5, 5.41) is 16.3. The van der Waals surface area contributed by atoms with Gasteiger partial charge in [0.1, 0.15) is 5.82 Å². The van der Waals surface area contributed by atoms with Crippen LogP contribution >= 0.6 is 12.2 Å². The Bertz CT molecular complexity index is 792. The van der Waals surface area contributed by atoms with Gasteiger partial charge in [-0.2, -0.15) is 0 Å². The van der Waals surface area contributed by atoms with Crippen molar-refractivity contribution < 1.29 is 9.72 Å². The fourth-order valence-corrected chi connectivity index (χ4v) is 2.18. The third-order valence-electron chi connectivity index (χ3n) is 3.21. The SMILES string of the molecule is Cc1cccnc1NC(=S)NC(=O)c1cccc([N+](=O)[O-])c1C. The van der Waals surface area contributed by atoms with E-state index in [-0.39, 0.29) is 21.9 Å². The Kier molecular flexibility index (Phi) is 4.97. The molecule has 2 N–H and O–H groups in total. The van der Waals surface area contributed by atoms with Crippen molar-refractivity contribution in [1.29, 1.82) is 0 Å². The lowest BCUT2D eigenvalue weighted by Gasteiger charge is -2.11. The molecule has 0 bridgehead atoms. The number of pyridine rings is 1. The molecule has 0 spiro atoms. The number of nitrogens with zero attached hydrogens (tertiary/aromatic N) is 2. The molecule has 0 saturated heterocycles. The summed E-state index contributed by atoms with van der Waals surface area (Å²) >= 11 is 5.08. The van der Waals surface area contributed by atoms with E-state index >= 15 is 0 Å². The molecule has 0 atom stereocenters. The number of thiocarbonyl (C=S) groups is 1. The molecule has 23 heavy (non-hydrogen) atoms. The number of carbonyl (C=O) groups is 1. The summed E-state index contributed by atoms with van der Waals surface area (Å²) in [6, 6.07) is 7.95. The lowest BCUT2D eigenvalue weighted by Crippen LogP contribution is -2.35. The number of carbonyl (C=O) groups excluding carboxylic acids is 1. The molecule has 0 saturated carbocycles. The second-order valence-corrected chi connectivity index (χ2v) is 5.19. The van der Waals surface area contributed by atoms with E-state index in [4.69, 9.17) is 12.2 Å². The second kappa shape index (κ2) is 6.93. The van der Waals surface area contributed by atoms with Crippen LogP contribution in [0, 0.1) is 24.0 Å². The summed E-state index contributed by atoms with van der Waals surface area (Å²) in [6.45, 7) is 3.37. The molecule has 118 valence electrons. The number of aryl methyl sites for hydroxylation is 1. The first-order valence-corrected chi connectivity index (χ1v) is 7.09. The van der Waals surface area contributed by atoms with E-state index < -0.39 is 10.8 Å². The molecule has 2 rings (SSSR count). The van der Waals surface area contributed by atoms with Crippen LogP contribution in [0.2, 0.25) is 0 Å². The average Bonchev–Trinajstić information content (AvgIpc) is 2.49. The standard InChI is InChI=1S/C15H14N4O3S/c1-9-5-4-8-16-13(9)17-15(23)18-14(20)11-6-3-7-12(10(11)2)19(21)22/h3-8H,1-2H3,(H2,16,17,18,20,23). The quantitative estimate of drug-likeness (QED) is 0.510. The van der Waals surface area contributed by atoms with E-state index in [2.05, 4.69) is 15.6 Å². The number of rotatable bonds is 3. The largest absolute Gasteiger partial charge is 0.317 e. The lowest BCUT2D eigenvalue weighted by atomic mass is 10.1. The Labute approximate surface area is 137 Å². The highest BCUT2D eigenvalue weighted by atomic mass is 32.1. The van der Waals surface area contributed by atoms with Crippen LogP contribution in [-0.2, 0) is 0 Å². The Morgan fingerprint density at radius 2 is 2.00 bits per heavy atom. The molecule has 0 unspecified atom stereocenters. The van der Waals surface area contributed by atoms with Gasteiger partial charge in [-0.1, -0.05) is 12.1 Å². The monoisotopic (exact) mass is 330 g/mol. The van der Waals surface area contributed by atoms with Gasteiger partial charge in [0.25, 0.3) is 11.6 Å². The molecule has 7 nitrogen and oxygen atoms in total. The predicted molar refractivity (Wildman–Crippen MR) is 90.5 cm³/mol. The van der Waals surface area contributed by atoms with Crippen molar-refractivity contribution in [3.8, 4) is 0 Å². The van der Waals surface area contributed by atoms with Crippen LogP contribution in [0.3, 0.4) is 0 Å². The zero-order valence-corrected chi connectivity index (χ0v) is 13.3. The molecular weight excluding hydrogens is 316 g/mol. The van der Waals surface area contributed by atoms with Crippen LogP contribution in [0.5, 0.6) is 0 Å². The van der Waals surface area contributed by atoms with E-state index in [1.54, 1.807) is 12.3 Å². The summed E-state index contributed by atoms with van der Waals surface area (Å²) in [7, 11) is 0. The fraction of sp³-hybridized carbons (Fsp3) is 0.133. The highest BCUT2D eigenvalue weighted by molar-refractivity contribution is 7.80. The van der Waals surface area contributed by atoms with E-state index in [1.807, 2.05) is 13.0 Å². The van der Waals surface area contributed by atoms with Gasteiger partial charge in [0.05, 0.1) is 4.92 Å². The third-order valence-corrected chi connectivity index (χ3v) is 3.42. The number of hydrogen-bond acceptors (Lipinski definition) is 5. The maximum Gasteiger partial charge on any atom is 0.273 e. The molecular formula is C15H14N4O3S. The fourth-order valence-electron chi connectivity index (χ4n) is 1.99. The molecule has 1 heterocycles. The molecule has 8 heteroatoms. The van der Waals surface area contributed by atoms with Gasteiger partial charge in [0.2, 0.25) is 0 Å². The minimum absolute atomic E-state index is 0.0720. The molecule has 0 fully saturated rings. The van der Waals surface area contributed by atoms with Gasteiger partial charge < -0.3 is 5.32 Å². The number of nitrogens with one attached hydrogen (secondary N) is 2. The van der Waals surface area contributed by atoms with Gasteiger partial charge in [-0.25, -0.2) is 4.98 Å². The van der Waals surface area contributed by atoms with Crippen molar-refractivity contribution in [1.82, 2.24) is 10.3 Å². The number of nitro benzene ring substituents is 1. The first-order chi connectivity index (χ1) is 10.9. The molecule has 0 radical (unpaired) electrons. The molecule has 2 aromatic rings. The first-order valence-electron chi connectivity index (χ1n) is 6.68. The van der Waals surface area contributed by atoms with Crippen LogP contribution in [-0.4, -0.2) is 20.9 Å². The Balaban J connectivity index is 2.13. The van der Waals surface area contributed by atoms with Crippen molar-refractivity contribution >= 4 is 34.7 Å². The first kappa shape index (κ1) is 16.5.